The summed E-state index contributed by atoms with van der Waals surface area (Å²) >= 11 is 13.2. The fourth-order valence-electron chi connectivity index (χ4n) is 5.23. The number of carbonyl (C=O) groups is 4. The number of rotatable bonds is 7. The Morgan fingerprint density at radius 1 is 0.605 bits per heavy atom. The molecule has 2 aromatic rings. The van der Waals surface area contributed by atoms with Crippen LogP contribution in [0.1, 0.15) is 22.3 Å². The fourth-order valence-corrected chi connectivity index (χ4v) is 6.86. The first kappa shape index (κ1) is 33.2. The zero-order valence-corrected chi connectivity index (χ0v) is 27.6. The van der Waals surface area contributed by atoms with Crippen molar-refractivity contribution in [2.75, 3.05) is 28.2 Å². The summed E-state index contributed by atoms with van der Waals surface area (Å²) in [6.45, 7) is 0. The van der Waals surface area contributed by atoms with Gasteiger partial charge in [-0.2, -0.15) is 0 Å². The molecular weight excluding hydrogens is 629 g/mol. The number of amides is 4. The Kier molecular flexibility index (Phi) is 9.00. The van der Waals surface area contributed by atoms with E-state index in [9.17, 15) is 29.4 Å². The molecule has 2 heterocycles. The van der Waals surface area contributed by atoms with Gasteiger partial charge in [0.15, 0.2) is 9.74 Å². The molecule has 4 atom stereocenters. The van der Waals surface area contributed by atoms with Crippen LogP contribution in [0.3, 0.4) is 0 Å². The van der Waals surface area contributed by atoms with E-state index in [2.05, 4.69) is 37.9 Å². The number of piperazine rings is 2. The van der Waals surface area contributed by atoms with E-state index in [-0.39, 0.29) is 12.8 Å². The lowest BCUT2D eigenvalue weighted by molar-refractivity contribution is -0.179. The molecule has 0 radical (unpaired) electrons. The van der Waals surface area contributed by atoms with Gasteiger partial charge in [0.2, 0.25) is 0 Å². The Balaban J connectivity index is 1.40. The second kappa shape index (κ2) is 11.7. The molecule has 2 N–H and O–H groups in total. The summed E-state index contributed by atoms with van der Waals surface area (Å²) in [6, 6.07) is 15.4. The van der Waals surface area contributed by atoms with Gasteiger partial charge in [0.05, 0.1) is 0 Å². The van der Waals surface area contributed by atoms with Gasteiger partial charge in [0.1, 0.15) is 0 Å². The van der Waals surface area contributed by atoms with E-state index in [1.54, 1.807) is 0 Å². The number of thiol groups is 3. The van der Waals surface area contributed by atoms with Crippen molar-refractivity contribution in [1.29, 1.82) is 0 Å². The summed E-state index contributed by atoms with van der Waals surface area (Å²) in [5, 5.41) is 16.2. The predicted molar refractivity (Wildman–Crippen MR) is 174 cm³/mol. The van der Waals surface area contributed by atoms with Crippen LogP contribution in [-0.4, -0.2) is 101 Å². The monoisotopic (exact) mass is 662 g/mol. The molecule has 43 heavy (non-hydrogen) atoms. The number of aryl methyl sites for hydroxylation is 2. The number of aliphatic hydroxyl groups is 2. The number of hydrogen-bond donors (Lipinski definition) is 5. The molecule has 0 bridgehead atoms. The normalized spacial score (nSPS) is 29.9. The van der Waals surface area contributed by atoms with Crippen molar-refractivity contribution in [1.82, 2.24) is 19.6 Å². The molecule has 0 unspecified atom stereocenters. The molecule has 2 aromatic carbocycles. The molecular formula is C29H34N4O6S4. The summed E-state index contributed by atoms with van der Waals surface area (Å²) in [7, 11) is 5.47. The molecule has 2 aliphatic rings. The van der Waals surface area contributed by atoms with Gasteiger partial charge in [-0.15, -0.1) is 43.6 Å². The molecule has 0 aliphatic carbocycles. The van der Waals surface area contributed by atoms with E-state index < -0.39 is 43.5 Å². The highest BCUT2D eigenvalue weighted by molar-refractivity contribution is 7.90. The molecule has 4 rings (SSSR count). The summed E-state index contributed by atoms with van der Waals surface area (Å²) in [4.78, 5) is 52.7. The first-order chi connectivity index (χ1) is 19.9. The van der Waals surface area contributed by atoms with Crippen LogP contribution in [0.2, 0.25) is 0 Å². The third kappa shape index (κ3) is 5.54. The average molecular weight is 663 g/mol. The second-order valence-corrected chi connectivity index (χ2v) is 13.8. The lowest BCUT2D eigenvalue weighted by atomic mass is 9.96. The van der Waals surface area contributed by atoms with E-state index in [4.69, 9.17) is 5.69 Å². The smallest absolute Gasteiger partial charge is 0.288 e. The third-order valence-electron chi connectivity index (χ3n) is 8.34. The average Bonchev–Trinajstić information content (AvgIpc) is 2.99. The predicted octanol–water partition coefficient (Wildman–Crippen LogP) is 1.21. The van der Waals surface area contributed by atoms with E-state index >= 15 is 0 Å². The zero-order valence-electron chi connectivity index (χ0n) is 24.1. The summed E-state index contributed by atoms with van der Waals surface area (Å²) in [5.74, 6) is -2.56. The van der Waals surface area contributed by atoms with Crippen molar-refractivity contribution >= 4 is 72.7 Å². The summed E-state index contributed by atoms with van der Waals surface area (Å²) in [6.07, 6.45) is 1.76. The Hall–Kier alpha value is -2.71. The van der Waals surface area contributed by atoms with Crippen molar-refractivity contribution in [2.45, 2.75) is 45.5 Å². The molecule has 14 heteroatoms. The van der Waals surface area contributed by atoms with Crippen LogP contribution in [0.5, 0.6) is 0 Å². The van der Waals surface area contributed by atoms with Gasteiger partial charge >= 0.3 is 0 Å². The van der Waals surface area contributed by atoms with Gasteiger partial charge < -0.3 is 20.0 Å². The van der Waals surface area contributed by atoms with Crippen molar-refractivity contribution in [3.05, 3.63) is 70.8 Å². The minimum absolute atomic E-state index is 0.141. The van der Waals surface area contributed by atoms with Crippen LogP contribution in [0.25, 0.3) is 0 Å². The highest BCUT2D eigenvalue weighted by Gasteiger charge is 2.59. The van der Waals surface area contributed by atoms with E-state index in [0.29, 0.717) is 0 Å². The van der Waals surface area contributed by atoms with E-state index in [1.807, 2.05) is 48.5 Å². The first-order valence-electron chi connectivity index (χ1n) is 13.2. The van der Waals surface area contributed by atoms with Crippen molar-refractivity contribution in [3.8, 4) is 5.69 Å². The van der Waals surface area contributed by atoms with Gasteiger partial charge in [0, 0.05) is 41.0 Å². The Bertz CT molecular complexity index is 1510. The second-order valence-electron chi connectivity index (χ2n) is 10.9. The number of benzene rings is 2. The molecule has 2 fully saturated rings. The maximum absolute atomic E-state index is 13.2. The van der Waals surface area contributed by atoms with Crippen molar-refractivity contribution < 1.29 is 29.4 Å². The Morgan fingerprint density at radius 2 is 0.977 bits per heavy atom. The maximum Gasteiger partial charge on any atom is 0.288 e. The molecule has 0 spiro atoms. The van der Waals surface area contributed by atoms with E-state index in [1.165, 1.54) is 28.2 Å². The molecule has 2 aliphatic heterocycles. The lowest BCUT2D eigenvalue weighted by Crippen LogP contribution is -2.72. The van der Waals surface area contributed by atoms with Crippen LogP contribution in [-0.2, 0) is 44.9 Å². The van der Waals surface area contributed by atoms with Crippen LogP contribution < -0.4 is 0 Å². The van der Waals surface area contributed by atoms with Crippen LogP contribution in [0, 0.1) is 5.69 Å². The fraction of sp³-hybridized carbons (Fsp3) is 0.414. The summed E-state index contributed by atoms with van der Waals surface area (Å²) in [5.41, 5.74) is 9.66. The SMILES string of the molecule is C#S[C@@]1(Cc2ccc(CCc3ccc(C[C@]4(S)C(=O)N(C)[C@@](O)(S)C(=O)N4C)cc3)cc2)C(=O)N(C)[C@@](O)(S)C(=O)N1C. The molecule has 2 saturated heterocycles. The lowest BCUT2D eigenvalue weighted by Gasteiger charge is -2.49. The van der Waals surface area contributed by atoms with Crippen molar-refractivity contribution in [3.63, 3.8) is 0 Å². The van der Waals surface area contributed by atoms with Gasteiger partial charge in [-0.05, 0) is 35.1 Å². The molecule has 4 amide bonds. The summed E-state index contributed by atoms with van der Waals surface area (Å²) < 4.78 is 0. The Labute approximate surface area is 270 Å². The number of hydrogen-bond acceptors (Lipinski definition) is 9. The first-order valence-corrected chi connectivity index (χ1v) is 15.4. The van der Waals surface area contributed by atoms with E-state index in [0.717, 1.165) is 65.9 Å². The highest BCUT2D eigenvalue weighted by atomic mass is 32.1. The quantitative estimate of drug-likeness (QED) is 0.225. The minimum Gasteiger partial charge on any atom is -0.355 e. The maximum atomic E-state index is 13.2. The molecule has 0 saturated carbocycles. The largest absolute Gasteiger partial charge is 0.355 e. The zero-order chi connectivity index (χ0) is 32.1. The van der Waals surface area contributed by atoms with Crippen LogP contribution in [0.15, 0.2) is 48.5 Å². The van der Waals surface area contributed by atoms with Gasteiger partial charge in [-0.25, -0.2) is 0 Å². The molecule has 230 valence electrons. The van der Waals surface area contributed by atoms with Crippen LogP contribution in [0.4, 0.5) is 0 Å². The molecule has 10 nitrogen and oxygen atoms in total. The third-order valence-corrected chi connectivity index (χ3v) is 11.0. The minimum atomic E-state index is -2.25. The van der Waals surface area contributed by atoms with Crippen molar-refractivity contribution in [2.24, 2.45) is 0 Å². The number of likely N-dealkylation sites (N-methyl/N-ethyl adjacent to an activating group) is 4. The molecule has 0 aromatic heterocycles. The number of nitrogens with zero attached hydrogens (tertiary/aromatic N) is 4. The van der Waals surface area contributed by atoms with Gasteiger partial charge in [0.25, 0.3) is 33.7 Å². The topological polar surface area (TPSA) is 122 Å². The Morgan fingerprint density at radius 3 is 1.42 bits per heavy atom. The highest BCUT2D eigenvalue weighted by Crippen LogP contribution is 2.39. The van der Waals surface area contributed by atoms with Gasteiger partial charge in [-0.1, -0.05) is 59.7 Å². The number of carbonyl (C=O) groups excluding carboxylic acids is 4. The van der Waals surface area contributed by atoms with Crippen LogP contribution >= 0.6 is 49.1 Å². The van der Waals surface area contributed by atoms with Gasteiger partial charge in [-0.3, -0.25) is 29.0 Å². The standard InChI is InChI=1S/C29H34N4O6S4/c1-30-24(36)28(38,41)32(3)22(34)26(30,40)16-20-12-8-18(9-13-20)6-7-19-10-14-21(15-11-19)17-27(43-5)23(35)33(4)29(39,42)25(37)31(27)2/h5,8-15,38-42H,6-7,16-17H2,1-4H3/t26-,27-,28-,29-/m0/s1.